The van der Waals surface area contributed by atoms with Gasteiger partial charge in [0.15, 0.2) is 0 Å². The average molecular weight is 390 g/mol. The number of H-pyrrole nitrogens is 1. The van der Waals surface area contributed by atoms with Crippen LogP contribution in [0.4, 0.5) is 0 Å². The highest BCUT2D eigenvalue weighted by molar-refractivity contribution is 5.99. The van der Waals surface area contributed by atoms with Gasteiger partial charge in [-0.3, -0.25) is 9.78 Å². The number of likely N-dealkylation sites (tertiary alicyclic amines) is 1. The van der Waals surface area contributed by atoms with Crippen LogP contribution in [0.1, 0.15) is 36.0 Å². The smallest absolute Gasteiger partial charge is 0.326 e. The van der Waals surface area contributed by atoms with E-state index in [0.29, 0.717) is 23.9 Å². The van der Waals surface area contributed by atoms with Gasteiger partial charge in [-0.2, -0.15) is 0 Å². The van der Waals surface area contributed by atoms with E-state index in [2.05, 4.69) is 15.0 Å². The van der Waals surface area contributed by atoms with Crippen molar-refractivity contribution in [2.75, 3.05) is 6.54 Å². The molecule has 1 aliphatic carbocycles. The number of imidazole rings is 1. The number of carboxylic acid groups (broad SMARTS) is 1. The zero-order chi connectivity index (χ0) is 20.0. The minimum Gasteiger partial charge on any atom is -0.480 e. The summed E-state index contributed by atoms with van der Waals surface area (Å²) in [6, 6.07) is 8.33. The Morgan fingerprint density at radius 2 is 1.90 bits per heavy atom. The Morgan fingerprint density at radius 1 is 1.10 bits per heavy atom. The zero-order valence-corrected chi connectivity index (χ0v) is 15.9. The lowest BCUT2D eigenvalue weighted by Crippen LogP contribution is -2.43. The molecule has 7 heteroatoms. The van der Waals surface area contributed by atoms with E-state index in [1.54, 1.807) is 29.4 Å². The summed E-state index contributed by atoms with van der Waals surface area (Å²) in [6.45, 7) is 0.531. The molecule has 3 unspecified atom stereocenters. The Labute approximate surface area is 167 Å². The van der Waals surface area contributed by atoms with Crippen LogP contribution >= 0.6 is 0 Å². The fourth-order valence-electron chi connectivity index (χ4n) is 4.96. The van der Waals surface area contributed by atoms with Gasteiger partial charge in [-0.15, -0.1) is 0 Å². The molecule has 7 nitrogen and oxygen atoms in total. The van der Waals surface area contributed by atoms with Gasteiger partial charge >= 0.3 is 5.97 Å². The molecule has 0 spiro atoms. The molecular formula is C22H22N4O3. The fraction of sp³-hybridized carbons (Fsp3) is 0.364. The molecule has 1 amide bonds. The molecule has 1 aromatic carbocycles. The molecule has 3 atom stereocenters. The molecule has 3 heterocycles. The first-order chi connectivity index (χ1) is 14.1. The number of benzene rings is 1. The number of pyridine rings is 1. The highest BCUT2D eigenvalue weighted by Crippen LogP contribution is 2.41. The number of aromatic amines is 1. The van der Waals surface area contributed by atoms with Crippen LogP contribution in [0.2, 0.25) is 0 Å². The third-order valence-electron chi connectivity index (χ3n) is 6.34. The molecule has 2 N–H and O–H groups in total. The van der Waals surface area contributed by atoms with Crippen LogP contribution in [0.3, 0.4) is 0 Å². The summed E-state index contributed by atoms with van der Waals surface area (Å²) in [7, 11) is 0. The highest BCUT2D eigenvalue weighted by atomic mass is 16.4. The molecule has 5 rings (SSSR count). The number of hydrogen-bond donors (Lipinski definition) is 2. The first-order valence-corrected chi connectivity index (χ1v) is 10.1. The minimum atomic E-state index is -0.893. The third-order valence-corrected chi connectivity index (χ3v) is 6.34. The van der Waals surface area contributed by atoms with Crippen molar-refractivity contribution in [1.29, 1.82) is 0 Å². The van der Waals surface area contributed by atoms with E-state index in [1.807, 2.05) is 18.2 Å². The number of carbonyl (C=O) groups is 2. The van der Waals surface area contributed by atoms with Crippen molar-refractivity contribution >= 4 is 22.9 Å². The number of nitrogens with one attached hydrogen (secondary N) is 1. The Hall–Kier alpha value is -3.22. The lowest BCUT2D eigenvalue weighted by atomic mass is 9.78. The lowest BCUT2D eigenvalue weighted by molar-refractivity contribution is -0.143. The second-order valence-corrected chi connectivity index (χ2v) is 8.00. The van der Waals surface area contributed by atoms with Crippen molar-refractivity contribution in [2.45, 2.75) is 31.7 Å². The number of fused-ring (bicyclic) bond motifs is 2. The summed E-state index contributed by atoms with van der Waals surface area (Å²) in [5.41, 5.74) is 2.93. The monoisotopic (exact) mass is 390 g/mol. The van der Waals surface area contributed by atoms with E-state index >= 15 is 0 Å². The van der Waals surface area contributed by atoms with Gasteiger partial charge in [0, 0.05) is 30.1 Å². The Kier molecular flexibility index (Phi) is 4.30. The number of rotatable bonds is 3. The largest absolute Gasteiger partial charge is 0.480 e. The molecule has 0 radical (unpaired) electrons. The molecule has 2 aromatic heterocycles. The second kappa shape index (κ2) is 6.99. The Balaban J connectivity index is 1.47. The van der Waals surface area contributed by atoms with Crippen molar-refractivity contribution in [3.8, 4) is 11.4 Å². The second-order valence-electron chi connectivity index (χ2n) is 8.00. The number of hydrogen-bond acceptors (Lipinski definition) is 4. The minimum absolute atomic E-state index is 0.0689. The summed E-state index contributed by atoms with van der Waals surface area (Å²) < 4.78 is 0. The maximum atomic E-state index is 13.2. The van der Waals surface area contributed by atoms with Crippen LogP contribution in [0, 0.1) is 11.8 Å². The van der Waals surface area contributed by atoms with Crippen LogP contribution in [0.5, 0.6) is 0 Å². The number of carboxylic acids is 1. The molecule has 3 aromatic rings. The predicted octanol–water partition coefficient (Wildman–Crippen LogP) is 3.34. The van der Waals surface area contributed by atoms with E-state index in [4.69, 9.17) is 0 Å². The van der Waals surface area contributed by atoms with Crippen molar-refractivity contribution in [3.05, 3.63) is 48.3 Å². The van der Waals surface area contributed by atoms with Crippen LogP contribution in [-0.4, -0.2) is 49.4 Å². The first-order valence-electron chi connectivity index (χ1n) is 10.1. The number of carbonyl (C=O) groups excluding carboxylic acids is 1. The van der Waals surface area contributed by atoms with E-state index in [0.717, 1.165) is 42.3 Å². The zero-order valence-electron chi connectivity index (χ0n) is 15.9. The lowest BCUT2D eigenvalue weighted by Gasteiger charge is -2.27. The van der Waals surface area contributed by atoms with Gasteiger partial charge in [0.1, 0.15) is 11.9 Å². The molecule has 2 fully saturated rings. The molecule has 1 saturated heterocycles. The number of aliphatic carboxylic acids is 1. The van der Waals surface area contributed by atoms with Gasteiger partial charge in [0.25, 0.3) is 5.91 Å². The van der Waals surface area contributed by atoms with Gasteiger partial charge in [0.2, 0.25) is 0 Å². The molecular weight excluding hydrogens is 368 g/mol. The summed E-state index contributed by atoms with van der Waals surface area (Å²) in [4.78, 5) is 38.6. The fourth-order valence-corrected chi connectivity index (χ4v) is 4.96. The van der Waals surface area contributed by atoms with Gasteiger partial charge < -0.3 is 15.0 Å². The van der Waals surface area contributed by atoms with Crippen LogP contribution in [0.25, 0.3) is 22.4 Å². The molecule has 2 aliphatic rings. The summed E-state index contributed by atoms with van der Waals surface area (Å²) in [6.07, 6.45) is 7.47. The van der Waals surface area contributed by atoms with Crippen LogP contribution in [0.15, 0.2) is 42.7 Å². The highest BCUT2D eigenvalue weighted by Gasteiger charge is 2.48. The van der Waals surface area contributed by atoms with Crippen molar-refractivity contribution < 1.29 is 14.7 Å². The van der Waals surface area contributed by atoms with E-state index in [-0.39, 0.29) is 11.8 Å². The average Bonchev–Trinajstić information content (AvgIpc) is 3.35. The van der Waals surface area contributed by atoms with E-state index in [9.17, 15) is 14.7 Å². The number of nitrogens with zero attached hydrogens (tertiary/aromatic N) is 3. The first kappa shape index (κ1) is 17.8. The predicted molar refractivity (Wildman–Crippen MR) is 107 cm³/mol. The summed E-state index contributed by atoms with van der Waals surface area (Å²) in [5.74, 6) is -0.0333. The SMILES string of the molecule is O=C(O)C1C2CCCCC2CN1C(=O)c1ccc2nc(-c3ccncc3)[nH]c2c1. The van der Waals surface area contributed by atoms with Gasteiger partial charge in [-0.05, 0) is 55.0 Å². The summed E-state index contributed by atoms with van der Waals surface area (Å²) in [5, 5.41) is 9.80. The maximum Gasteiger partial charge on any atom is 0.326 e. The molecule has 0 bridgehead atoms. The molecule has 29 heavy (non-hydrogen) atoms. The normalized spacial score (nSPS) is 23.9. The Morgan fingerprint density at radius 3 is 2.69 bits per heavy atom. The maximum absolute atomic E-state index is 13.2. The number of aromatic nitrogens is 3. The Bertz CT molecular complexity index is 1080. The van der Waals surface area contributed by atoms with Crippen molar-refractivity contribution in [1.82, 2.24) is 19.9 Å². The molecule has 148 valence electrons. The quantitative estimate of drug-likeness (QED) is 0.715. The summed E-state index contributed by atoms with van der Waals surface area (Å²) >= 11 is 0. The van der Waals surface area contributed by atoms with Crippen LogP contribution < -0.4 is 0 Å². The number of amides is 1. The topological polar surface area (TPSA) is 99.2 Å². The van der Waals surface area contributed by atoms with Gasteiger partial charge in [0.05, 0.1) is 11.0 Å². The van der Waals surface area contributed by atoms with Gasteiger partial charge in [-0.1, -0.05) is 12.8 Å². The molecule has 1 aliphatic heterocycles. The van der Waals surface area contributed by atoms with Crippen molar-refractivity contribution in [3.63, 3.8) is 0 Å². The van der Waals surface area contributed by atoms with E-state index in [1.165, 1.54) is 0 Å². The van der Waals surface area contributed by atoms with Crippen molar-refractivity contribution in [2.24, 2.45) is 11.8 Å². The van der Waals surface area contributed by atoms with Crippen LogP contribution in [-0.2, 0) is 4.79 Å². The standard InChI is InChI=1S/C22H22N4O3/c27-21(26-12-15-3-1-2-4-16(15)19(26)22(28)29)14-5-6-17-18(11-14)25-20(24-17)13-7-9-23-10-8-13/h5-11,15-16,19H,1-4,12H2,(H,24,25)(H,28,29). The van der Waals surface area contributed by atoms with E-state index < -0.39 is 12.0 Å². The third kappa shape index (κ3) is 3.06. The molecule has 1 saturated carbocycles. The van der Waals surface area contributed by atoms with Gasteiger partial charge in [-0.25, -0.2) is 9.78 Å².